The van der Waals surface area contributed by atoms with E-state index in [1.807, 2.05) is 0 Å². The summed E-state index contributed by atoms with van der Waals surface area (Å²) in [6.45, 7) is 6.55. The minimum atomic E-state index is -0.634. The lowest BCUT2D eigenvalue weighted by Crippen LogP contribution is -2.61. The van der Waals surface area contributed by atoms with Gasteiger partial charge >= 0.3 is 0 Å². The number of anilines is 2. The second-order valence-electron chi connectivity index (χ2n) is 7.85. The van der Waals surface area contributed by atoms with Gasteiger partial charge in [0.05, 0.1) is 6.61 Å². The van der Waals surface area contributed by atoms with E-state index in [0.29, 0.717) is 6.61 Å². The summed E-state index contributed by atoms with van der Waals surface area (Å²) < 4.78 is 12.9. The number of hydrogen-bond donors (Lipinski definition) is 0. The fourth-order valence-electron chi connectivity index (χ4n) is 4.55. The van der Waals surface area contributed by atoms with E-state index in [1.54, 1.807) is 0 Å². The lowest BCUT2D eigenvalue weighted by Gasteiger charge is -2.49. The van der Waals surface area contributed by atoms with Gasteiger partial charge in [-0.15, -0.1) is 0 Å². The zero-order valence-electron chi connectivity index (χ0n) is 17.3. The molecule has 2 aromatic rings. The van der Waals surface area contributed by atoms with Crippen LogP contribution in [-0.2, 0) is 15.1 Å². The number of hydrogen-bond acceptors (Lipinski definition) is 4. The van der Waals surface area contributed by atoms with E-state index in [4.69, 9.17) is 9.47 Å². The van der Waals surface area contributed by atoms with E-state index in [9.17, 15) is 0 Å². The molecule has 2 atom stereocenters. The summed E-state index contributed by atoms with van der Waals surface area (Å²) in [6.07, 6.45) is 5.39. The molecule has 4 heteroatoms. The normalized spacial score (nSPS) is 26.4. The number of para-hydroxylation sites is 1. The van der Waals surface area contributed by atoms with Crippen LogP contribution < -0.4 is 9.80 Å². The molecule has 0 bridgehead atoms. The molecule has 0 aromatic heterocycles. The standard InChI is InChI=1S/C24H30N2O2/c1-5-27-23(2)21-9-6-7-10-22(21)26-17-8-18-28-24(23,26)16-15-19-11-13-20(14-12-19)25(3)4/h6-7,9-16H,5,8,17-18H2,1-4H3/b16-15+. The largest absolute Gasteiger partial charge is 0.378 e. The number of ether oxygens (including phenoxy) is 2. The van der Waals surface area contributed by atoms with Crippen molar-refractivity contribution < 1.29 is 9.47 Å². The second-order valence-corrected chi connectivity index (χ2v) is 7.85. The summed E-state index contributed by atoms with van der Waals surface area (Å²) in [6, 6.07) is 17.1. The van der Waals surface area contributed by atoms with Gasteiger partial charge in [0, 0.05) is 44.2 Å². The summed E-state index contributed by atoms with van der Waals surface area (Å²) in [5.41, 5.74) is 3.57. The van der Waals surface area contributed by atoms with Crippen molar-refractivity contribution >= 4 is 17.5 Å². The van der Waals surface area contributed by atoms with Crippen molar-refractivity contribution in [3.8, 4) is 0 Å². The Morgan fingerprint density at radius 3 is 2.61 bits per heavy atom. The van der Waals surface area contributed by atoms with Crippen LogP contribution in [0, 0.1) is 0 Å². The third-order valence-corrected chi connectivity index (χ3v) is 5.99. The molecule has 0 radical (unpaired) electrons. The highest BCUT2D eigenvalue weighted by Crippen LogP contribution is 2.55. The van der Waals surface area contributed by atoms with Gasteiger partial charge in [0.1, 0.15) is 5.60 Å². The Kier molecular flexibility index (Phi) is 4.94. The molecule has 1 fully saturated rings. The fourth-order valence-corrected chi connectivity index (χ4v) is 4.55. The van der Waals surface area contributed by atoms with Gasteiger partial charge in [-0.25, -0.2) is 0 Å². The lowest BCUT2D eigenvalue weighted by molar-refractivity contribution is -0.182. The fraction of sp³-hybridized carbons (Fsp3) is 0.417. The molecule has 2 unspecified atom stereocenters. The SMILES string of the molecule is CCOC1(C)c2ccccc2N2CCCOC21/C=C/c1ccc(N(C)C)cc1. The van der Waals surface area contributed by atoms with E-state index >= 15 is 0 Å². The number of benzene rings is 2. The van der Waals surface area contributed by atoms with E-state index in [-0.39, 0.29) is 0 Å². The van der Waals surface area contributed by atoms with E-state index in [0.717, 1.165) is 25.1 Å². The second kappa shape index (κ2) is 7.26. The maximum atomic E-state index is 6.53. The van der Waals surface area contributed by atoms with Gasteiger partial charge in [0.15, 0.2) is 5.72 Å². The first-order valence-corrected chi connectivity index (χ1v) is 10.1. The molecule has 2 aromatic carbocycles. The topological polar surface area (TPSA) is 24.9 Å². The predicted octanol–water partition coefficient (Wildman–Crippen LogP) is 4.65. The molecular weight excluding hydrogens is 348 g/mol. The highest BCUT2D eigenvalue weighted by atomic mass is 16.6. The van der Waals surface area contributed by atoms with Crippen LogP contribution in [0.1, 0.15) is 31.4 Å². The third-order valence-electron chi connectivity index (χ3n) is 5.99. The van der Waals surface area contributed by atoms with Crippen LogP contribution in [0.3, 0.4) is 0 Å². The van der Waals surface area contributed by atoms with E-state index in [1.165, 1.54) is 16.9 Å². The van der Waals surface area contributed by atoms with E-state index in [2.05, 4.69) is 98.4 Å². The number of nitrogens with zero attached hydrogens (tertiary/aromatic N) is 2. The van der Waals surface area contributed by atoms with Gasteiger partial charge in [-0.2, -0.15) is 0 Å². The zero-order chi connectivity index (χ0) is 19.8. The Bertz CT molecular complexity index is 861. The molecule has 2 aliphatic rings. The first-order chi connectivity index (χ1) is 13.5. The third kappa shape index (κ3) is 2.83. The molecule has 0 N–H and O–H groups in total. The van der Waals surface area contributed by atoms with Gasteiger partial charge in [0.2, 0.25) is 0 Å². The average Bonchev–Trinajstić information content (AvgIpc) is 2.93. The minimum Gasteiger partial charge on any atom is -0.378 e. The first kappa shape index (κ1) is 19.0. The molecule has 0 saturated carbocycles. The van der Waals surface area contributed by atoms with Crippen molar-refractivity contribution in [2.75, 3.05) is 43.7 Å². The predicted molar refractivity (Wildman–Crippen MR) is 116 cm³/mol. The molecule has 0 spiro atoms. The van der Waals surface area contributed by atoms with Crippen LogP contribution >= 0.6 is 0 Å². The Morgan fingerprint density at radius 2 is 1.89 bits per heavy atom. The molecule has 4 rings (SSSR count). The summed E-state index contributed by atoms with van der Waals surface area (Å²) in [7, 11) is 4.11. The van der Waals surface area contributed by atoms with Crippen molar-refractivity contribution in [3.05, 3.63) is 65.7 Å². The van der Waals surface area contributed by atoms with Crippen molar-refractivity contribution in [1.82, 2.24) is 0 Å². The van der Waals surface area contributed by atoms with Gasteiger partial charge in [-0.05, 0) is 50.1 Å². The maximum absolute atomic E-state index is 6.53. The van der Waals surface area contributed by atoms with Crippen LogP contribution in [0.4, 0.5) is 11.4 Å². The van der Waals surface area contributed by atoms with Crippen molar-refractivity contribution in [2.45, 2.75) is 31.6 Å². The molecule has 148 valence electrons. The van der Waals surface area contributed by atoms with Crippen LogP contribution in [0.25, 0.3) is 6.08 Å². The first-order valence-electron chi connectivity index (χ1n) is 10.1. The summed E-state index contributed by atoms with van der Waals surface area (Å²) in [5.74, 6) is 0. The number of fused-ring (bicyclic) bond motifs is 3. The van der Waals surface area contributed by atoms with Crippen molar-refractivity contribution in [1.29, 1.82) is 0 Å². The summed E-state index contributed by atoms with van der Waals surface area (Å²) in [4.78, 5) is 4.49. The Balaban J connectivity index is 1.77. The highest BCUT2D eigenvalue weighted by molar-refractivity contribution is 5.69. The van der Waals surface area contributed by atoms with Crippen LogP contribution in [0.5, 0.6) is 0 Å². The molecule has 4 nitrogen and oxygen atoms in total. The average molecular weight is 379 g/mol. The Labute approximate surface area is 168 Å². The summed E-state index contributed by atoms with van der Waals surface area (Å²) in [5, 5.41) is 0. The van der Waals surface area contributed by atoms with E-state index < -0.39 is 11.3 Å². The smallest absolute Gasteiger partial charge is 0.194 e. The molecule has 2 heterocycles. The Hall–Kier alpha value is -2.30. The monoisotopic (exact) mass is 378 g/mol. The molecule has 28 heavy (non-hydrogen) atoms. The zero-order valence-corrected chi connectivity index (χ0v) is 17.3. The molecule has 0 aliphatic carbocycles. The van der Waals surface area contributed by atoms with Crippen LogP contribution in [0.15, 0.2) is 54.6 Å². The number of rotatable bonds is 5. The molecular formula is C24H30N2O2. The lowest BCUT2D eigenvalue weighted by atomic mass is 9.86. The van der Waals surface area contributed by atoms with Crippen LogP contribution in [0.2, 0.25) is 0 Å². The van der Waals surface area contributed by atoms with Gasteiger partial charge in [-0.3, -0.25) is 0 Å². The molecule has 1 saturated heterocycles. The van der Waals surface area contributed by atoms with Crippen molar-refractivity contribution in [2.24, 2.45) is 0 Å². The van der Waals surface area contributed by atoms with Crippen molar-refractivity contribution in [3.63, 3.8) is 0 Å². The van der Waals surface area contributed by atoms with Gasteiger partial charge in [-0.1, -0.05) is 36.4 Å². The van der Waals surface area contributed by atoms with Gasteiger partial charge in [0.25, 0.3) is 0 Å². The summed E-state index contributed by atoms with van der Waals surface area (Å²) >= 11 is 0. The maximum Gasteiger partial charge on any atom is 0.194 e. The minimum absolute atomic E-state index is 0.557. The highest BCUT2D eigenvalue weighted by Gasteiger charge is 2.61. The van der Waals surface area contributed by atoms with Gasteiger partial charge < -0.3 is 19.3 Å². The quantitative estimate of drug-likeness (QED) is 0.756. The molecule has 0 amide bonds. The Morgan fingerprint density at radius 1 is 1.14 bits per heavy atom. The van der Waals surface area contributed by atoms with Crippen LogP contribution in [-0.4, -0.2) is 39.6 Å². The molecule has 2 aliphatic heterocycles.